The normalized spacial score (nSPS) is 10.6. The van der Waals surface area contributed by atoms with E-state index in [0.29, 0.717) is 0 Å². The first-order chi connectivity index (χ1) is 14.1. The minimum Gasteiger partial charge on any atom is -0.457 e. The lowest BCUT2D eigenvalue weighted by molar-refractivity contribution is -0.597. The highest BCUT2D eigenvalue weighted by atomic mass is 127. The van der Waals surface area contributed by atoms with Gasteiger partial charge >= 0.3 is 21.2 Å². The average Bonchev–Trinajstić information content (AvgIpc) is 2.72. The number of hydrogen-bond donors (Lipinski definition) is 0. The highest BCUT2D eigenvalue weighted by Gasteiger charge is 2.19. The number of benzene rings is 4. The molecule has 0 aliphatic heterocycles. The van der Waals surface area contributed by atoms with Crippen LogP contribution in [0.2, 0.25) is 0 Å². The first kappa shape index (κ1) is 20.9. The summed E-state index contributed by atoms with van der Waals surface area (Å²) < 4.78 is 17.3. The van der Waals surface area contributed by atoms with Gasteiger partial charge in [-0.25, -0.2) is 0 Å². The Labute approximate surface area is 208 Å². The molecule has 0 heterocycles. The van der Waals surface area contributed by atoms with E-state index in [0.717, 1.165) is 23.0 Å². The maximum atomic E-state index is 6.14. The van der Waals surface area contributed by atoms with Gasteiger partial charge in [-0.1, -0.05) is 18.2 Å². The number of halogens is 3. The van der Waals surface area contributed by atoms with Crippen molar-refractivity contribution >= 4 is 45.2 Å². The van der Waals surface area contributed by atoms with E-state index in [9.17, 15) is 0 Å². The quantitative estimate of drug-likeness (QED) is 0.272. The largest absolute Gasteiger partial charge is 0.457 e. The van der Waals surface area contributed by atoms with E-state index in [2.05, 4.69) is 87.6 Å². The molecular formula is C24H16I3O2+. The van der Waals surface area contributed by atoms with Crippen LogP contribution in [-0.4, -0.2) is 0 Å². The summed E-state index contributed by atoms with van der Waals surface area (Å²) in [5.41, 5.74) is 0. The minimum absolute atomic E-state index is 0.330. The topological polar surface area (TPSA) is 18.5 Å². The Hall–Kier alpha value is -1.33. The van der Waals surface area contributed by atoms with Crippen molar-refractivity contribution in [3.8, 4) is 23.0 Å². The van der Waals surface area contributed by atoms with Crippen molar-refractivity contribution in [1.29, 1.82) is 0 Å². The molecule has 0 atom stereocenters. The van der Waals surface area contributed by atoms with Crippen molar-refractivity contribution < 1.29 is 30.7 Å². The van der Waals surface area contributed by atoms with Crippen LogP contribution in [0.25, 0.3) is 0 Å². The third-order valence-corrected chi connectivity index (χ3v) is 7.92. The van der Waals surface area contributed by atoms with Crippen LogP contribution in [0, 0.1) is 14.3 Å². The van der Waals surface area contributed by atoms with E-state index < -0.39 is 0 Å². The fraction of sp³-hybridized carbons (Fsp3) is 0. The number of rotatable bonds is 6. The third kappa shape index (κ3) is 6.32. The Morgan fingerprint density at radius 1 is 0.483 bits per heavy atom. The Balaban J connectivity index is 1.64. The van der Waals surface area contributed by atoms with Crippen LogP contribution in [0.3, 0.4) is 0 Å². The van der Waals surface area contributed by atoms with Gasteiger partial charge in [0.25, 0.3) is 0 Å². The summed E-state index contributed by atoms with van der Waals surface area (Å²) in [4.78, 5) is 0. The molecule has 0 bridgehead atoms. The van der Waals surface area contributed by atoms with Crippen molar-refractivity contribution in [2.75, 3.05) is 0 Å². The smallest absolute Gasteiger partial charge is 0.358 e. The van der Waals surface area contributed by atoms with Gasteiger partial charge in [0.2, 0.25) is 3.57 Å². The minimum atomic E-state index is -0.330. The van der Waals surface area contributed by atoms with Crippen molar-refractivity contribution in [1.82, 2.24) is 0 Å². The lowest BCUT2D eigenvalue weighted by Crippen LogP contribution is -3.61. The van der Waals surface area contributed by atoms with Crippen molar-refractivity contribution in [3.05, 3.63) is 111 Å². The van der Waals surface area contributed by atoms with Crippen LogP contribution in [0.1, 0.15) is 0 Å². The highest BCUT2D eigenvalue weighted by Crippen LogP contribution is 2.29. The van der Waals surface area contributed by atoms with Gasteiger partial charge < -0.3 is 9.47 Å². The molecule has 4 aromatic rings. The third-order valence-electron chi connectivity index (χ3n) is 3.89. The molecule has 0 amide bonds. The van der Waals surface area contributed by atoms with E-state index >= 15 is 0 Å². The van der Waals surface area contributed by atoms with Crippen molar-refractivity contribution in [2.24, 2.45) is 0 Å². The van der Waals surface area contributed by atoms with Gasteiger partial charge in [-0.05, 0) is 106 Å². The molecule has 0 N–H and O–H groups in total. The fourth-order valence-electron chi connectivity index (χ4n) is 2.59. The molecule has 0 spiro atoms. The Kier molecular flexibility index (Phi) is 7.30. The molecule has 5 heteroatoms. The summed E-state index contributed by atoms with van der Waals surface area (Å²) in [6.45, 7) is 0. The Morgan fingerprint density at radius 3 is 1.45 bits per heavy atom. The predicted molar refractivity (Wildman–Crippen MR) is 129 cm³/mol. The maximum Gasteiger partial charge on any atom is 0.358 e. The maximum absolute atomic E-state index is 6.14. The zero-order valence-electron chi connectivity index (χ0n) is 15.2. The average molecular weight is 717 g/mol. The van der Waals surface area contributed by atoms with E-state index in [1.165, 1.54) is 14.3 Å². The second-order valence-corrected chi connectivity index (χ2v) is 11.6. The Morgan fingerprint density at radius 2 is 0.966 bits per heavy atom. The first-order valence-electron chi connectivity index (χ1n) is 8.86. The zero-order valence-corrected chi connectivity index (χ0v) is 21.7. The van der Waals surface area contributed by atoms with Gasteiger partial charge in [0.1, 0.15) is 23.0 Å². The molecule has 4 rings (SSSR count). The van der Waals surface area contributed by atoms with E-state index in [-0.39, 0.29) is 21.2 Å². The summed E-state index contributed by atoms with van der Waals surface area (Å²) in [6, 6.07) is 32.9. The summed E-state index contributed by atoms with van der Waals surface area (Å²) in [6.07, 6.45) is 0. The van der Waals surface area contributed by atoms with Gasteiger partial charge in [-0.2, -0.15) is 0 Å². The second kappa shape index (κ2) is 10.1. The molecule has 0 unspecified atom stereocenters. The second-order valence-electron chi connectivity index (χ2n) is 6.12. The molecule has 4 aromatic carbocycles. The summed E-state index contributed by atoms with van der Waals surface area (Å²) in [5.74, 6) is 3.22. The van der Waals surface area contributed by atoms with Gasteiger partial charge in [0.05, 0.1) is 0 Å². The summed E-state index contributed by atoms with van der Waals surface area (Å²) >= 11 is 4.26. The molecule has 0 aromatic heterocycles. The van der Waals surface area contributed by atoms with E-state index in [4.69, 9.17) is 9.47 Å². The predicted octanol–water partition coefficient (Wildman–Crippen LogP) is 4.61. The first-order valence-corrected chi connectivity index (χ1v) is 13.2. The lowest BCUT2D eigenvalue weighted by Gasteiger charge is -2.09. The molecule has 0 radical (unpaired) electrons. The van der Waals surface area contributed by atoms with Crippen LogP contribution in [0.5, 0.6) is 23.0 Å². The van der Waals surface area contributed by atoms with Gasteiger partial charge in [0.15, 0.2) is 3.57 Å². The molecule has 144 valence electrons. The standard InChI is InChI=1S/C24H16I3O2/c25-17-6-10-21(11-7-17)28-23-14-20(27-19-4-2-1-3-5-19)15-24(16-23)29-22-12-8-18(26)9-13-22/h1-16H/q+1. The summed E-state index contributed by atoms with van der Waals surface area (Å²) in [7, 11) is 0. The van der Waals surface area contributed by atoms with Gasteiger partial charge in [0, 0.05) is 25.3 Å². The Bertz CT molecular complexity index is 1010. The van der Waals surface area contributed by atoms with E-state index in [1.54, 1.807) is 0 Å². The van der Waals surface area contributed by atoms with Crippen LogP contribution in [0.4, 0.5) is 0 Å². The highest BCUT2D eigenvalue weighted by molar-refractivity contribution is 14.1. The molecule has 0 aliphatic rings. The van der Waals surface area contributed by atoms with Gasteiger partial charge in [-0.15, -0.1) is 0 Å². The van der Waals surface area contributed by atoms with Crippen LogP contribution in [-0.2, 0) is 0 Å². The van der Waals surface area contributed by atoms with Crippen molar-refractivity contribution in [3.63, 3.8) is 0 Å². The SMILES string of the molecule is Ic1ccc(Oc2cc(Oc3ccc(I)cc3)cc([I+]c3ccccc3)c2)cc1. The molecule has 2 nitrogen and oxygen atoms in total. The molecule has 0 saturated heterocycles. The van der Waals surface area contributed by atoms with Gasteiger partial charge in [-0.3, -0.25) is 0 Å². The van der Waals surface area contributed by atoms with Crippen molar-refractivity contribution in [2.45, 2.75) is 0 Å². The fourth-order valence-corrected chi connectivity index (χ4v) is 5.73. The molecule has 0 aliphatic carbocycles. The van der Waals surface area contributed by atoms with Crippen LogP contribution in [0.15, 0.2) is 97.1 Å². The number of ether oxygens (including phenoxy) is 2. The van der Waals surface area contributed by atoms with E-state index in [1.807, 2.05) is 54.6 Å². The molecule has 29 heavy (non-hydrogen) atoms. The monoisotopic (exact) mass is 717 g/mol. The molecular weight excluding hydrogens is 701 g/mol. The lowest BCUT2D eigenvalue weighted by atomic mass is 10.3. The molecule has 0 saturated carbocycles. The van der Waals surface area contributed by atoms with Crippen LogP contribution < -0.4 is 30.7 Å². The number of hydrogen-bond acceptors (Lipinski definition) is 2. The summed E-state index contributed by atoms with van der Waals surface area (Å²) in [5, 5.41) is 0. The molecule has 0 fully saturated rings. The zero-order chi connectivity index (χ0) is 20.1. The van der Waals surface area contributed by atoms with Crippen LogP contribution >= 0.6 is 45.2 Å².